The maximum Gasteiger partial charge on any atom is 0.458 e. The topological polar surface area (TPSA) is 46.6 Å². The van der Waals surface area contributed by atoms with Gasteiger partial charge in [0.25, 0.3) is 0 Å². The fourth-order valence-electron chi connectivity index (χ4n) is 2.59. The molecular weight excluding hydrogens is 418 g/mol. The predicted molar refractivity (Wildman–Crippen MR) is 83.9 cm³/mol. The molecule has 1 unspecified atom stereocenters. The first-order valence-corrected chi connectivity index (χ1v) is 8.13. The van der Waals surface area contributed by atoms with E-state index in [-0.39, 0.29) is 17.7 Å². The maximum absolute atomic E-state index is 13.5. The second-order valence-electron chi connectivity index (χ2n) is 6.10. The zero-order valence-corrected chi connectivity index (χ0v) is 15.4. The molecule has 4 nitrogen and oxygen atoms in total. The number of aryl methyl sites for hydroxylation is 1. The van der Waals surface area contributed by atoms with Gasteiger partial charge >= 0.3 is 30.2 Å². The lowest BCUT2D eigenvalue weighted by Gasteiger charge is -2.29. The third-order valence-electron chi connectivity index (χ3n) is 4.05. The molecule has 0 N–H and O–H groups in total. The Morgan fingerprint density at radius 1 is 1.07 bits per heavy atom. The van der Waals surface area contributed by atoms with Crippen LogP contribution < -0.4 is 0 Å². The van der Waals surface area contributed by atoms with Gasteiger partial charge in [-0.1, -0.05) is 12.1 Å². The SMILES string of the molecule is CCN(C(=O)C(=O)OCC(F)(F)F)C(C)c1ccc(C(F)(F)C(F)(F)F)cc1C. The third-order valence-corrected chi connectivity index (χ3v) is 4.05. The van der Waals surface area contributed by atoms with Crippen molar-refractivity contribution in [3.8, 4) is 0 Å². The lowest BCUT2D eigenvalue weighted by atomic mass is 9.96. The van der Waals surface area contributed by atoms with Crippen LogP contribution in [-0.2, 0) is 20.2 Å². The minimum atomic E-state index is -5.81. The minimum Gasteiger partial charge on any atom is -0.449 e. The summed E-state index contributed by atoms with van der Waals surface area (Å²) in [4.78, 5) is 24.5. The van der Waals surface area contributed by atoms with Crippen LogP contribution in [0.5, 0.6) is 0 Å². The normalized spacial score (nSPS) is 13.8. The molecule has 0 bridgehead atoms. The summed E-state index contributed by atoms with van der Waals surface area (Å²) < 4.78 is 105. The molecule has 0 fully saturated rings. The Balaban J connectivity index is 3.10. The zero-order chi connectivity index (χ0) is 22.8. The molecule has 0 saturated heterocycles. The van der Waals surface area contributed by atoms with Gasteiger partial charge in [0.2, 0.25) is 0 Å². The summed E-state index contributed by atoms with van der Waals surface area (Å²) in [5.74, 6) is -8.27. The van der Waals surface area contributed by atoms with E-state index < -0.39 is 48.4 Å². The Kier molecular flexibility index (Phi) is 7.25. The Hall–Kier alpha value is -2.40. The van der Waals surface area contributed by atoms with Gasteiger partial charge in [0.15, 0.2) is 6.61 Å². The van der Waals surface area contributed by atoms with Crippen LogP contribution in [0.1, 0.15) is 36.6 Å². The smallest absolute Gasteiger partial charge is 0.449 e. The van der Waals surface area contributed by atoms with E-state index >= 15 is 0 Å². The maximum atomic E-state index is 13.5. The molecule has 0 aliphatic carbocycles. The van der Waals surface area contributed by atoms with Gasteiger partial charge in [-0.05, 0) is 38.0 Å². The van der Waals surface area contributed by atoms with E-state index in [0.717, 1.165) is 11.0 Å². The quantitative estimate of drug-likeness (QED) is 0.384. The molecule has 0 radical (unpaired) electrons. The van der Waals surface area contributed by atoms with Crippen LogP contribution in [0.25, 0.3) is 0 Å². The molecule has 1 rings (SSSR count). The van der Waals surface area contributed by atoms with Gasteiger partial charge in [0.05, 0.1) is 6.04 Å². The number of esters is 1. The van der Waals surface area contributed by atoms with Crippen LogP contribution >= 0.6 is 0 Å². The van der Waals surface area contributed by atoms with Crippen LogP contribution in [0.2, 0.25) is 0 Å². The fourth-order valence-corrected chi connectivity index (χ4v) is 2.59. The first kappa shape index (κ1) is 24.6. The van der Waals surface area contributed by atoms with Crippen molar-refractivity contribution < 1.29 is 49.4 Å². The summed E-state index contributed by atoms with van der Waals surface area (Å²) in [5, 5.41) is 0. The van der Waals surface area contributed by atoms with E-state index in [9.17, 15) is 44.7 Å². The molecule has 1 atom stereocenters. The van der Waals surface area contributed by atoms with E-state index in [0.29, 0.717) is 12.1 Å². The van der Waals surface area contributed by atoms with Gasteiger partial charge in [0.1, 0.15) is 0 Å². The number of carbonyl (C=O) groups excluding carboxylic acids is 2. The number of hydrogen-bond acceptors (Lipinski definition) is 3. The van der Waals surface area contributed by atoms with Crippen molar-refractivity contribution >= 4 is 11.9 Å². The van der Waals surface area contributed by atoms with Crippen molar-refractivity contribution in [1.82, 2.24) is 4.90 Å². The Labute approximate surface area is 160 Å². The number of nitrogens with zero attached hydrogens (tertiary/aromatic N) is 1. The highest BCUT2D eigenvalue weighted by Gasteiger charge is 2.58. The number of likely N-dealkylation sites (N-methyl/N-ethyl adjacent to an activating group) is 1. The molecular formula is C17H17F8NO3. The summed E-state index contributed by atoms with van der Waals surface area (Å²) in [6.07, 6.45) is -10.6. The number of amides is 1. The molecule has 0 heterocycles. The number of halogens is 8. The Morgan fingerprint density at radius 3 is 2.03 bits per heavy atom. The first-order chi connectivity index (χ1) is 13.0. The van der Waals surface area contributed by atoms with Crippen LogP contribution in [-0.4, -0.2) is 42.3 Å². The van der Waals surface area contributed by atoms with Gasteiger partial charge in [-0.3, -0.25) is 4.79 Å². The summed E-state index contributed by atoms with van der Waals surface area (Å²) in [7, 11) is 0. The molecule has 0 aliphatic rings. The van der Waals surface area contributed by atoms with Crippen LogP contribution in [0.3, 0.4) is 0 Å². The van der Waals surface area contributed by atoms with Gasteiger partial charge in [-0.2, -0.15) is 35.1 Å². The molecule has 29 heavy (non-hydrogen) atoms. The molecule has 0 aliphatic heterocycles. The standard InChI is InChI=1S/C17H17F8NO3/c1-4-26(13(27)14(28)29-8-15(18,19)20)10(3)12-6-5-11(7-9(12)2)16(21,22)17(23,24)25/h5-7,10H,4,8H2,1-3H3. The highest BCUT2D eigenvalue weighted by atomic mass is 19.4. The number of rotatable bonds is 5. The third kappa shape index (κ3) is 5.80. The Morgan fingerprint density at radius 2 is 1.62 bits per heavy atom. The number of carbonyl (C=O) groups is 2. The molecule has 164 valence electrons. The summed E-state index contributed by atoms with van der Waals surface area (Å²) in [6.45, 7) is 1.82. The lowest BCUT2D eigenvalue weighted by molar-refractivity contribution is -0.289. The van der Waals surface area contributed by atoms with E-state index in [2.05, 4.69) is 4.74 Å². The Bertz CT molecular complexity index is 758. The van der Waals surface area contributed by atoms with Crippen molar-refractivity contribution in [1.29, 1.82) is 0 Å². The van der Waals surface area contributed by atoms with Gasteiger partial charge < -0.3 is 9.64 Å². The van der Waals surface area contributed by atoms with Crippen molar-refractivity contribution in [3.63, 3.8) is 0 Å². The molecule has 0 spiro atoms. The van der Waals surface area contributed by atoms with Crippen molar-refractivity contribution in [3.05, 3.63) is 34.9 Å². The second kappa shape index (κ2) is 8.54. The van der Waals surface area contributed by atoms with Crippen molar-refractivity contribution in [2.24, 2.45) is 0 Å². The average Bonchev–Trinajstić information content (AvgIpc) is 2.58. The number of alkyl halides is 8. The van der Waals surface area contributed by atoms with Crippen molar-refractivity contribution in [2.45, 2.75) is 45.1 Å². The second-order valence-corrected chi connectivity index (χ2v) is 6.10. The van der Waals surface area contributed by atoms with Gasteiger partial charge in [0, 0.05) is 12.1 Å². The van der Waals surface area contributed by atoms with E-state index in [1.165, 1.54) is 20.8 Å². The van der Waals surface area contributed by atoms with Gasteiger partial charge in [-0.15, -0.1) is 0 Å². The first-order valence-electron chi connectivity index (χ1n) is 8.13. The summed E-state index contributed by atoms with van der Waals surface area (Å²) >= 11 is 0. The van der Waals surface area contributed by atoms with E-state index in [1.807, 2.05) is 0 Å². The molecule has 0 saturated carbocycles. The summed E-state index contributed by atoms with van der Waals surface area (Å²) in [5.41, 5.74) is -1.21. The molecule has 1 aromatic carbocycles. The monoisotopic (exact) mass is 435 g/mol. The zero-order valence-electron chi connectivity index (χ0n) is 15.4. The molecule has 1 amide bonds. The summed E-state index contributed by atoms with van der Waals surface area (Å²) in [6, 6.07) is 1.05. The van der Waals surface area contributed by atoms with Crippen LogP contribution in [0.4, 0.5) is 35.1 Å². The highest BCUT2D eigenvalue weighted by Crippen LogP contribution is 2.44. The predicted octanol–water partition coefficient (Wildman–Crippen LogP) is 4.66. The lowest BCUT2D eigenvalue weighted by Crippen LogP contribution is -2.40. The number of hydrogen-bond donors (Lipinski definition) is 0. The molecule has 12 heteroatoms. The molecule has 0 aromatic heterocycles. The van der Waals surface area contributed by atoms with Crippen molar-refractivity contribution in [2.75, 3.05) is 13.2 Å². The van der Waals surface area contributed by atoms with Gasteiger partial charge in [-0.25, -0.2) is 4.79 Å². The fraction of sp³-hybridized carbons (Fsp3) is 0.529. The number of ether oxygens (including phenoxy) is 1. The van der Waals surface area contributed by atoms with E-state index in [1.54, 1.807) is 0 Å². The highest BCUT2D eigenvalue weighted by molar-refractivity contribution is 6.32. The largest absolute Gasteiger partial charge is 0.458 e. The van der Waals surface area contributed by atoms with E-state index in [4.69, 9.17) is 0 Å². The minimum absolute atomic E-state index is 0.0335. The number of benzene rings is 1. The van der Waals surface area contributed by atoms with Crippen LogP contribution in [0.15, 0.2) is 18.2 Å². The average molecular weight is 435 g/mol. The molecule has 1 aromatic rings. The van der Waals surface area contributed by atoms with Crippen LogP contribution in [0, 0.1) is 6.92 Å².